The minimum Gasteiger partial charge on any atom is -0.417 e. The summed E-state index contributed by atoms with van der Waals surface area (Å²) >= 11 is 0. The molecule has 0 spiro atoms. The van der Waals surface area contributed by atoms with E-state index in [9.17, 15) is 25.2 Å². The van der Waals surface area contributed by atoms with E-state index in [4.69, 9.17) is 14.2 Å². The quantitative estimate of drug-likeness (QED) is 0.251. The SMILES string of the molecule is C[C@]12CC[C@H](OCNC(=O)O[C@@H]3O[C@H](CO)[C@@H](O)[C@H](O)[C@H]3O)CC1=CC[C@@H]1C2CC[C@]2(C)C(c3cccnc3)=CC[C@@H]12. The molecule has 2 saturated carbocycles. The second kappa shape index (κ2) is 11.6. The summed E-state index contributed by atoms with van der Waals surface area (Å²) in [7, 11) is 0. The van der Waals surface area contributed by atoms with Gasteiger partial charge in [0.2, 0.25) is 6.29 Å². The van der Waals surface area contributed by atoms with Gasteiger partial charge in [0, 0.05) is 12.4 Å². The first-order valence-electron chi connectivity index (χ1n) is 15.3. The summed E-state index contributed by atoms with van der Waals surface area (Å²) in [6.45, 7) is 4.26. The summed E-state index contributed by atoms with van der Waals surface area (Å²) in [5.41, 5.74) is 4.58. The molecule has 10 heteroatoms. The van der Waals surface area contributed by atoms with Crippen LogP contribution in [-0.2, 0) is 14.2 Å². The number of carbonyl (C=O) groups is 1. The van der Waals surface area contributed by atoms with E-state index in [0.29, 0.717) is 17.8 Å². The Labute approximate surface area is 246 Å². The van der Waals surface area contributed by atoms with Gasteiger partial charge in [-0.3, -0.25) is 10.3 Å². The smallest absolute Gasteiger partial charge is 0.411 e. The number of nitrogens with zero attached hydrogens (tertiary/aromatic N) is 1. The van der Waals surface area contributed by atoms with Gasteiger partial charge in [-0.05, 0) is 90.7 Å². The zero-order valence-corrected chi connectivity index (χ0v) is 24.4. The molecule has 1 unspecified atom stereocenters. The lowest BCUT2D eigenvalue weighted by molar-refractivity contribution is -0.285. The van der Waals surface area contributed by atoms with Crippen molar-refractivity contribution in [3.05, 3.63) is 47.8 Å². The molecule has 11 atom stereocenters. The van der Waals surface area contributed by atoms with E-state index in [1.54, 1.807) is 0 Å². The molecule has 0 radical (unpaired) electrons. The van der Waals surface area contributed by atoms with Gasteiger partial charge in [-0.25, -0.2) is 4.79 Å². The van der Waals surface area contributed by atoms with Crippen LogP contribution < -0.4 is 5.32 Å². The Hall–Kier alpha value is -2.34. The molecule has 1 aromatic heterocycles. The van der Waals surface area contributed by atoms with Gasteiger partial charge in [-0.15, -0.1) is 0 Å². The number of carbonyl (C=O) groups excluding carboxylic acids is 1. The zero-order chi connectivity index (χ0) is 29.6. The van der Waals surface area contributed by atoms with Gasteiger partial charge in [0.25, 0.3) is 0 Å². The average Bonchev–Trinajstić information content (AvgIpc) is 3.35. The Morgan fingerprint density at radius 2 is 1.88 bits per heavy atom. The Bertz CT molecular complexity index is 1210. The highest BCUT2D eigenvalue weighted by atomic mass is 16.7. The molecule has 1 saturated heterocycles. The highest BCUT2D eigenvalue weighted by molar-refractivity contribution is 5.72. The fourth-order valence-corrected chi connectivity index (χ4v) is 8.84. The molecule has 5 N–H and O–H groups in total. The molecular weight excluding hydrogens is 540 g/mol. The van der Waals surface area contributed by atoms with Crippen molar-refractivity contribution in [2.24, 2.45) is 28.6 Å². The topological polar surface area (TPSA) is 151 Å². The van der Waals surface area contributed by atoms with E-state index in [1.165, 1.54) is 29.6 Å². The highest BCUT2D eigenvalue weighted by Crippen LogP contribution is 2.66. The molecule has 10 nitrogen and oxygen atoms in total. The number of allylic oxidation sites excluding steroid dienone is 3. The van der Waals surface area contributed by atoms with E-state index < -0.39 is 43.4 Å². The molecule has 0 bridgehead atoms. The second-order valence-corrected chi connectivity index (χ2v) is 13.3. The summed E-state index contributed by atoms with van der Waals surface area (Å²) < 4.78 is 16.3. The molecule has 3 fully saturated rings. The van der Waals surface area contributed by atoms with Crippen LogP contribution in [0.4, 0.5) is 4.79 Å². The number of alkyl carbamates (subject to hydrolysis) is 1. The Balaban J connectivity index is 1.03. The normalized spacial score (nSPS) is 42.9. The van der Waals surface area contributed by atoms with Crippen molar-refractivity contribution >= 4 is 11.7 Å². The van der Waals surface area contributed by atoms with Crippen molar-refractivity contribution in [3.63, 3.8) is 0 Å². The van der Waals surface area contributed by atoms with Gasteiger partial charge >= 0.3 is 6.09 Å². The first-order valence-corrected chi connectivity index (χ1v) is 15.3. The van der Waals surface area contributed by atoms with Gasteiger partial charge in [0.05, 0.1) is 12.7 Å². The summed E-state index contributed by atoms with van der Waals surface area (Å²) in [6.07, 6.45) is 7.89. The third-order valence-corrected chi connectivity index (χ3v) is 11.2. The van der Waals surface area contributed by atoms with Gasteiger partial charge in [0.1, 0.15) is 31.1 Å². The fourth-order valence-electron chi connectivity index (χ4n) is 8.84. The summed E-state index contributed by atoms with van der Waals surface area (Å²) in [5, 5.41) is 41.7. The maximum absolute atomic E-state index is 12.3. The molecule has 42 heavy (non-hydrogen) atoms. The molecule has 1 amide bonds. The molecule has 0 aromatic carbocycles. The fraction of sp³-hybridized carbons (Fsp3) is 0.688. The maximum atomic E-state index is 12.3. The molecule has 5 aliphatic rings. The number of hydrogen-bond donors (Lipinski definition) is 5. The maximum Gasteiger partial charge on any atom is 0.411 e. The predicted molar refractivity (Wildman–Crippen MR) is 152 cm³/mol. The van der Waals surface area contributed by atoms with Crippen LogP contribution in [0.5, 0.6) is 0 Å². The van der Waals surface area contributed by atoms with Crippen LogP contribution in [0.2, 0.25) is 0 Å². The van der Waals surface area contributed by atoms with E-state index in [0.717, 1.165) is 32.1 Å². The van der Waals surface area contributed by atoms with E-state index in [2.05, 4.69) is 42.4 Å². The highest BCUT2D eigenvalue weighted by Gasteiger charge is 2.57. The second-order valence-electron chi connectivity index (χ2n) is 13.3. The molecule has 6 rings (SSSR count). The third kappa shape index (κ3) is 5.10. The number of rotatable bonds is 6. The van der Waals surface area contributed by atoms with Crippen LogP contribution >= 0.6 is 0 Å². The van der Waals surface area contributed by atoms with E-state index in [-0.39, 0.29) is 23.7 Å². The lowest BCUT2D eigenvalue weighted by Crippen LogP contribution is -2.59. The minimum atomic E-state index is -1.65. The standard InChI is InChI=1S/C32H44N2O8/c1-31-11-9-20(40-17-34-30(39)42-29-28(38)27(37)26(36)25(16-35)41-29)14-19(31)5-6-21-23-8-7-22(18-4-3-13-33-15-18)32(23,2)12-10-24(21)31/h3-5,7,13,15,20-21,23-29,35-38H,6,8-12,14,16-17H2,1-2H3,(H,34,39)/t20-,21-,23-,24?,25+,26+,27-,28+,29-,31-,32+/m0/s1. The Morgan fingerprint density at radius 1 is 1.07 bits per heavy atom. The van der Waals surface area contributed by atoms with Crippen LogP contribution in [0, 0.1) is 28.6 Å². The number of fused-ring (bicyclic) bond motifs is 5. The minimum absolute atomic E-state index is 0.0207. The number of amides is 1. The Morgan fingerprint density at radius 3 is 2.64 bits per heavy atom. The van der Waals surface area contributed by atoms with Crippen molar-refractivity contribution in [1.29, 1.82) is 0 Å². The number of ether oxygens (including phenoxy) is 3. The summed E-state index contributed by atoms with van der Waals surface area (Å²) in [6, 6.07) is 4.23. The first-order chi connectivity index (χ1) is 20.2. The predicted octanol–water partition coefficient (Wildman–Crippen LogP) is 2.91. The van der Waals surface area contributed by atoms with Crippen molar-refractivity contribution in [2.75, 3.05) is 13.3 Å². The van der Waals surface area contributed by atoms with Gasteiger partial charge in [-0.2, -0.15) is 0 Å². The molecule has 2 heterocycles. The average molecular weight is 585 g/mol. The number of aliphatic hydroxyl groups excluding tert-OH is 4. The van der Waals surface area contributed by atoms with Gasteiger partial charge in [0.15, 0.2) is 0 Å². The number of aliphatic hydroxyl groups is 4. The molecular formula is C32H44N2O8. The number of pyridine rings is 1. The number of hydrogen-bond acceptors (Lipinski definition) is 9. The van der Waals surface area contributed by atoms with Crippen molar-refractivity contribution in [3.8, 4) is 0 Å². The summed E-state index contributed by atoms with van der Waals surface area (Å²) in [4.78, 5) is 16.7. The first kappa shape index (κ1) is 29.7. The largest absolute Gasteiger partial charge is 0.417 e. The van der Waals surface area contributed by atoms with Crippen molar-refractivity contribution < 1.29 is 39.4 Å². The van der Waals surface area contributed by atoms with Gasteiger partial charge in [-0.1, -0.05) is 37.6 Å². The van der Waals surface area contributed by atoms with Crippen LogP contribution in [-0.4, -0.2) is 81.7 Å². The van der Waals surface area contributed by atoms with Gasteiger partial charge < -0.3 is 34.6 Å². The van der Waals surface area contributed by atoms with Crippen LogP contribution in [0.3, 0.4) is 0 Å². The lowest BCUT2D eigenvalue weighted by atomic mass is 9.47. The zero-order valence-electron chi connectivity index (χ0n) is 24.4. The molecule has 4 aliphatic carbocycles. The van der Waals surface area contributed by atoms with Crippen molar-refractivity contribution in [2.45, 2.75) is 95.6 Å². The summed E-state index contributed by atoms with van der Waals surface area (Å²) in [5.74, 6) is 1.97. The van der Waals surface area contributed by atoms with Crippen molar-refractivity contribution in [1.82, 2.24) is 10.3 Å². The van der Waals surface area contributed by atoms with Crippen LogP contribution in [0.1, 0.15) is 64.4 Å². The number of aromatic nitrogens is 1. The number of nitrogens with one attached hydrogen (secondary N) is 1. The molecule has 1 aromatic rings. The van der Waals surface area contributed by atoms with Crippen LogP contribution in [0.15, 0.2) is 42.3 Å². The molecule has 230 valence electrons. The Kier molecular flexibility index (Phi) is 8.23. The van der Waals surface area contributed by atoms with E-state index >= 15 is 0 Å². The molecule has 1 aliphatic heterocycles. The lowest BCUT2D eigenvalue weighted by Gasteiger charge is -2.58. The van der Waals surface area contributed by atoms with Crippen LogP contribution in [0.25, 0.3) is 5.57 Å². The van der Waals surface area contributed by atoms with E-state index in [1.807, 2.05) is 18.5 Å². The monoisotopic (exact) mass is 584 g/mol. The third-order valence-electron chi connectivity index (χ3n) is 11.2.